The number of anilines is 1. The highest BCUT2D eigenvalue weighted by Crippen LogP contribution is 2.37. The molecule has 1 N–H and O–H groups in total. The maximum atomic E-state index is 4.85. The third kappa shape index (κ3) is 2.53. The molecule has 0 saturated carbocycles. The van der Waals surface area contributed by atoms with Gasteiger partial charge in [0.1, 0.15) is 15.9 Å². The topological polar surface area (TPSA) is 42.7 Å². The van der Waals surface area contributed by atoms with Crippen LogP contribution < -0.4 is 5.32 Å². The van der Waals surface area contributed by atoms with E-state index in [1.807, 2.05) is 42.1 Å². The van der Waals surface area contributed by atoms with Gasteiger partial charge in [0.25, 0.3) is 0 Å². The summed E-state index contributed by atoms with van der Waals surface area (Å²) in [6.45, 7) is 0. The van der Waals surface area contributed by atoms with Crippen molar-refractivity contribution in [2.45, 2.75) is 4.90 Å². The van der Waals surface area contributed by atoms with Crippen molar-refractivity contribution in [3.05, 3.63) is 65.3 Å². The Hall–Kier alpha value is -2.31. The summed E-state index contributed by atoms with van der Waals surface area (Å²) in [7, 11) is 0. The number of halogens is 1. The van der Waals surface area contributed by atoms with Gasteiger partial charge in [-0.15, -0.1) is 11.8 Å². The number of hydrogen-bond donors (Lipinski definition) is 1. The van der Waals surface area contributed by atoms with E-state index in [0.29, 0.717) is 0 Å². The second-order valence-electron chi connectivity index (χ2n) is 5.76. The summed E-state index contributed by atoms with van der Waals surface area (Å²) in [6.07, 6.45) is 0. The van der Waals surface area contributed by atoms with E-state index in [1.54, 1.807) is 0 Å². The van der Waals surface area contributed by atoms with Crippen LogP contribution in [0.2, 0.25) is 0 Å². The summed E-state index contributed by atoms with van der Waals surface area (Å²) in [5, 5.41) is 3.38. The molecule has 1 aliphatic heterocycles. The van der Waals surface area contributed by atoms with Crippen LogP contribution in [0.1, 0.15) is 0 Å². The molecule has 0 aliphatic carbocycles. The molecule has 3 heterocycles. The Labute approximate surface area is 157 Å². The van der Waals surface area contributed by atoms with Crippen molar-refractivity contribution in [3.63, 3.8) is 0 Å². The van der Waals surface area contributed by atoms with Crippen LogP contribution in [0.3, 0.4) is 0 Å². The fraction of sp³-hybridized carbons (Fsp3) is 0.0526. The molecule has 4 nitrogen and oxygen atoms in total. The smallest absolute Gasteiger partial charge is 0.166 e. The van der Waals surface area contributed by atoms with Crippen molar-refractivity contribution in [2.24, 2.45) is 0 Å². The molecule has 1 aliphatic rings. The zero-order valence-electron chi connectivity index (χ0n) is 13.1. The van der Waals surface area contributed by atoms with E-state index >= 15 is 0 Å². The van der Waals surface area contributed by atoms with Crippen molar-refractivity contribution in [3.8, 4) is 17.1 Å². The summed E-state index contributed by atoms with van der Waals surface area (Å²) in [5.41, 5.74) is 5.07. The van der Waals surface area contributed by atoms with E-state index in [2.05, 4.69) is 61.1 Å². The van der Waals surface area contributed by atoms with Gasteiger partial charge in [-0.05, 0) is 46.3 Å². The molecular weight excluding hydrogens is 396 g/mol. The predicted molar refractivity (Wildman–Crippen MR) is 106 cm³/mol. The second-order valence-corrected chi connectivity index (χ2v) is 7.59. The Bertz CT molecular complexity index is 1090. The van der Waals surface area contributed by atoms with Crippen molar-refractivity contribution in [1.82, 2.24) is 14.5 Å². The van der Waals surface area contributed by atoms with E-state index in [9.17, 15) is 0 Å². The van der Waals surface area contributed by atoms with Gasteiger partial charge >= 0.3 is 0 Å². The molecule has 0 saturated heterocycles. The lowest BCUT2D eigenvalue weighted by Gasteiger charge is -2.10. The van der Waals surface area contributed by atoms with E-state index in [4.69, 9.17) is 4.98 Å². The molecule has 6 heteroatoms. The number of benzene rings is 2. The first-order chi connectivity index (χ1) is 12.3. The van der Waals surface area contributed by atoms with Gasteiger partial charge < -0.3 is 5.32 Å². The number of rotatable bonds is 2. The maximum absolute atomic E-state index is 4.85. The van der Waals surface area contributed by atoms with Gasteiger partial charge in [-0.1, -0.05) is 30.3 Å². The molecule has 2 aromatic heterocycles. The second kappa shape index (κ2) is 5.89. The molecule has 2 aromatic carbocycles. The molecule has 25 heavy (non-hydrogen) atoms. The molecule has 5 rings (SSSR count). The molecule has 0 unspecified atom stereocenters. The summed E-state index contributed by atoms with van der Waals surface area (Å²) in [4.78, 5) is 10.8. The SMILES string of the molecule is Brc1ccc2nc(-c3ccccc3)n(-c3ccc4c(c3)SCN4)c2n1. The van der Waals surface area contributed by atoms with Crippen molar-refractivity contribution in [1.29, 1.82) is 0 Å². The monoisotopic (exact) mass is 408 g/mol. The minimum atomic E-state index is 0.804. The average Bonchev–Trinajstić information content (AvgIpc) is 3.25. The molecule has 4 aromatic rings. The quantitative estimate of drug-likeness (QED) is 0.455. The van der Waals surface area contributed by atoms with Gasteiger partial charge in [-0.3, -0.25) is 4.57 Å². The third-order valence-electron chi connectivity index (χ3n) is 4.22. The standard InChI is InChI=1S/C19H13BrN4S/c20-17-9-8-15-19(23-17)24(18(22-15)12-4-2-1-3-5-12)13-6-7-14-16(10-13)25-11-21-14/h1-10,21H,11H2. The van der Waals surface area contributed by atoms with Crippen molar-refractivity contribution in [2.75, 3.05) is 11.2 Å². The van der Waals surface area contributed by atoms with Gasteiger partial charge in [0.2, 0.25) is 0 Å². The van der Waals surface area contributed by atoms with E-state index < -0.39 is 0 Å². The first kappa shape index (κ1) is 15.0. The molecule has 0 bridgehead atoms. The number of nitrogens with zero attached hydrogens (tertiary/aromatic N) is 3. The first-order valence-electron chi connectivity index (χ1n) is 7.91. The Morgan fingerprint density at radius 1 is 1.00 bits per heavy atom. The van der Waals surface area contributed by atoms with Crippen molar-refractivity contribution < 1.29 is 0 Å². The van der Waals surface area contributed by atoms with Crippen LogP contribution in [-0.4, -0.2) is 20.4 Å². The van der Waals surface area contributed by atoms with Crippen LogP contribution in [0.15, 0.2) is 70.2 Å². The van der Waals surface area contributed by atoms with Gasteiger partial charge in [-0.2, -0.15) is 0 Å². The lowest BCUT2D eigenvalue weighted by molar-refractivity contribution is 1.07. The summed E-state index contributed by atoms with van der Waals surface area (Å²) < 4.78 is 2.94. The number of nitrogens with one attached hydrogen (secondary N) is 1. The van der Waals surface area contributed by atoms with Crippen LogP contribution in [0.4, 0.5) is 5.69 Å². The van der Waals surface area contributed by atoms with Gasteiger partial charge in [-0.25, -0.2) is 9.97 Å². The number of imidazole rings is 1. The summed E-state index contributed by atoms with van der Waals surface area (Å²) in [5.74, 6) is 1.82. The highest BCUT2D eigenvalue weighted by Gasteiger charge is 2.18. The van der Waals surface area contributed by atoms with Crippen LogP contribution >= 0.6 is 27.7 Å². The minimum Gasteiger partial charge on any atom is -0.375 e. The predicted octanol–water partition coefficient (Wildman–Crippen LogP) is 5.33. The van der Waals surface area contributed by atoms with Gasteiger partial charge in [0.05, 0.1) is 11.6 Å². The number of fused-ring (bicyclic) bond motifs is 2. The van der Waals surface area contributed by atoms with E-state index in [0.717, 1.165) is 38.7 Å². The van der Waals surface area contributed by atoms with E-state index in [-0.39, 0.29) is 0 Å². The van der Waals surface area contributed by atoms with Crippen LogP contribution in [0.25, 0.3) is 28.2 Å². The maximum Gasteiger partial charge on any atom is 0.166 e. The van der Waals surface area contributed by atoms with Crippen LogP contribution in [-0.2, 0) is 0 Å². The molecule has 0 amide bonds. The summed E-state index contributed by atoms with van der Waals surface area (Å²) >= 11 is 5.30. The third-order valence-corrected chi connectivity index (χ3v) is 5.60. The Morgan fingerprint density at radius 3 is 2.76 bits per heavy atom. The Balaban J connectivity index is 1.82. The molecular formula is C19H13BrN4S. The van der Waals surface area contributed by atoms with Crippen molar-refractivity contribution >= 4 is 44.5 Å². The molecule has 0 radical (unpaired) electrons. The first-order valence-corrected chi connectivity index (χ1v) is 9.69. The molecule has 0 fully saturated rings. The number of pyridine rings is 1. The van der Waals surface area contributed by atoms with Gasteiger partial charge in [0.15, 0.2) is 5.65 Å². The van der Waals surface area contributed by atoms with Crippen LogP contribution in [0, 0.1) is 0 Å². The van der Waals surface area contributed by atoms with Crippen LogP contribution in [0.5, 0.6) is 0 Å². The summed E-state index contributed by atoms with van der Waals surface area (Å²) in [6, 6.07) is 20.6. The Kier molecular flexibility index (Phi) is 3.53. The molecule has 122 valence electrons. The minimum absolute atomic E-state index is 0.804. The van der Waals surface area contributed by atoms with Gasteiger partial charge in [0, 0.05) is 16.1 Å². The van der Waals surface area contributed by atoms with E-state index in [1.165, 1.54) is 10.6 Å². The largest absolute Gasteiger partial charge is 0.375 e. The average molecular weight is 409 g/mol. The lowest BCUT2D eigenvalue weighted by atomic mass is 10.2. The zero-order valence-corrected chi connectivity index (χ0v) is 15.5. The number of thioether (sulfide) groups is 1. The normalized spacial score (nSPS) is 13.0. The Morgan fingerprint density at radius 2 is 1.88 bits per heavy atom. The molecule has 0 atom stereocenters. The highest BCUT2D eigenvalue weighted by atomic mass is 79.9. The highest BCUT2D eigenvalue weighted by molar-refractivity contribution is 9.10. The molecule has 0 spiro atoms. The zero-order chi connectivity index (χ0) is 16.8. The lowest BCUT2D eigenvalue weighted by Crippen LogP contribution is -1.99. The fourth-order valence-electron chi connectivity index (χ4n) is 3.07. The fourth-order valence-corrected chi connectivity index (χ4v) is 4.25. The number of aromatic nitrogens is 3. The number of hydrogen-bond acceptors (Lipinski definition) is 4.